The first-order valence-electron chi connectivity index (χ1n) is 10.2. The molecule has 0 aliphatic carbocycles. The van der Waals surface area contributed by atoms with Gasteiger partial charge >= 0.3 is 0 Å². The van der Waals surface area contributed by atoms with Crippen molar-refractivity contribution >= 4 is 5.96 Å². The van der Waals surface area contributed by atoms with Crippen molar-refractivity contribution < 1.29 is 4.74 Å². The lowest BCUT2D eigenvalue weighted by Gasteiger charge is -2.23. The number of hydrogen-bond acceptors (Lipinski definition) is 4. The Labute approximate surface area is 167 Å². The SMILES string of the molecule is CCc1nncn1CCNC(=NCc1ccccc1C)NC(C)C1CCCO1. The predicted octanol–water partition coefficient (Wildman–Crippen LogP) is 2.45. The number of guanidine groups is 1. The van der Waals surface area contributed by atoms with E-state index in [2.05, 4.69) is 70.4 Å². The summed E-state index contributed by atoms with van der Waals surface area (Å²) in [4.78, 5) is 4.83. The Balaban J connectivity index is 1.62. The van der Waals surface area contributed by atoms with Crippen molar-refractivity contribution in [2.75, 3.05) is 13.2 Å². The Hall–Kier alpha value is -2.41. The van der Waals surface area contributed by atoms with Gasteiger partial charge in [-0.2, -0.15) is 0 Å². The molecular formula is C21H32N6O. The van der Waals surface area contributed by atoms with Crippen LogP contribution in [0.25, 0.3) is 0 Å². The molecule has 2 aromatic rings. The Kier molecular flexibility index (Phi) is 7.42. The van der Waals surface area contributed by atoms with E-state index in [1.165, 1.54) is 11.1 Å². The van der Waals surface area contributed by atoms with Crippen LogP contribution in [0.4, 0.5) is 0 Å². The third-order valence-corrected chi connectivity index (χ3v) is 5.21. The maximum atomic E-state index is 5.83. The molecule has 0 bridgehead atoms. The number of ether oxygens (including phenoxy) is 1. The molecule has 2 atom stereocenters. The molecule has 3 rings (SSSR count). The number of hydrogen-bond donors (Lipinski definition) is 2. The lowest BCUT2D eigenvalue weighted by atomic mass is 10.1. The van der Waals surface area contributed by atoms with E-state index in [0.29, 0.717) is 6.54 Å². The van der Waals surface area contributed by atoms with E-state index < -0.39 is 0 Å². The molecule has 1 saturated heterocycles. The third kappa shape index (κ3) is 5.55. The van der Waals surface area contributed by atoms with Gasteiger partial charge in [0.15, 0.2) is 5.96 Å². The van der Waals surface area contributed by atoms with Crippen LogP contribution in [-0.2, 0) is 24.2 Å². The molecule has 1 aromatic heterocycles. The van der Waals surface area contributed by atoms with Gasteiger partial charge in [0.05, 0.1) is 18.7 Å². The van der Waals surface area contributed by atoms with Gasteiger partial charge in [-0.1, -0.05) is 31.2 Å². The molecule has 7 heteroatoms. The molecule has 28 heavy (non-hydrogen) atoms. The average Bonchev–Trinajstić information content (AvgIpc) is 3.38. The smallest absolute Gasteiger partial charge is 0.191 e. The summed E-state index contributed by atoms with van der Waals surface area (Å²) in [6.07, 6.45) is 5.14. The molecule has 0 amide bonds. The van der Waals surface area contributed by atoms with E-state index >= 15 is 0 Å². The summed E-state index contributed by atoms with van der Waals surface area (Å²) in [6.45, 7) is 9.43. The number of benzene rings is 1. The molecule has 1 aromatic carbocycles. The molecule has 7 nitrogen and oxygen atoms in total. The van der Waals surface area contributed by atoms with E-state index in [4.69, 9.17) is 9.73 Å². The molecule has 0 spiro atoms. The first-order chi connectivity index (χ1) is 13.7. The zero-order valence-corrected chi connectivity index (χ0v) is 17.2. The Morgan fingerprint density at radius 2 is 2.25 bits per heavy atom. The number of aryl methyl sites for hydroxylation is 2. The van der Waals surface area contributed by atoms with Gasteiger partial charge in [-0.25, -0.2) is 4.99 Å². The van der Waals surface area contributed by atoms with Crippen LogP contribution in [-0.4, -0.2) is 46.0 Å². The monoisotopic (exact) mass is 384 g/mol. The molecule has 2 heterocycles. The number of aromatic nitrogens is 3. The van der Waals surface area contributed by atoms with Crippen LogP contribution >= 0.6 is 0 Å². The van der Waals surface area contributed by atoms with Gasteiger partial charge in [0.1, 0.15) is 12.2 Å². The molecule has 1 fully saturated rings. The molecule has 152 valence electrons. The second-order valence-corrected chi connectivity index (χ2v) is 7.30. The summed E-state index contributed by atoms with van der Waals surface area (Å²) >= 11 is 0. The highest BCUT2D eigenvalue weighted by molar-refractivity contribution is 5.80. The molecule has 1 aliphatic heterocycles. The standard InChI is InChI=1S/C21H32N6O/c1-4-20-26-24-15-27(20)12-11-22-21(25-17(3)19-10-7-13-28-19)23-14-18-9-6-5-8-16(18)2/h5-6,8-9,15,17,19H,4,7,10-14H2,1-3H3,(H2,22,23,25). The second-order valence-electron chi connectivity index (χ2n) is 7.30. The maximum absolute atomic E-state index is 5.83. The average molecular weight is 385 g/mol. The Morgan fingerprint density at radius 3 is 3.00 bits per heavy atom. The van der Waals surface area contributed by atoms with E-state index in [1.807, 2.05) is 0 Å². The highest BCUT2D eigenvalue weighted by atomic mass is 16.5. The molecular weight excluding hydrogens is 352 g/mol. The summed E-state index contributed by atoms with van der Waals surface area (Å²) < 4.78 is 7.90. The molecule has 0 radical (unpaired) electrons. The molecule has 2 unspecified atom stereocenters. The number of aliphatic imine (C=N–C) groups is 1. The van der Waals surface area contributed by atoms with Gasteiger partial charge in [0.2, 0.25) is 0 Å². The first kappa shape index (κ1) is 20.3. The van der Waals surface area contributed by atoms with Gasteiger partial charge in [-0.05, 0) is 37.8 Å². The first-order valence-corrected chi connectivity index (χ1v) is 10.2. The summed E-state index contributed by atoms with van der Waals surface area (Å²) in [5.41, 5.74) is 2.50. The third-order valence-electron chi connectivity index (χ3n) is 5.21. The summed E-state index contributed by atoms with van der Waals surface area (Å²) in [7, 11) is 0. The topological polar surface area (TPSA) is 76.4 Å². The summed E-state index contributed by atoms with van der Waals surface area (Å²) in [6, 6.07) is 8.59. The van der Waals surface area contributed by atoms with Crippen LogP contribution in [0.15, 0.2) is 35.6 Å². The van der Waals surface area contributed by atoms with E-state index in [9.17, 15) is 0 Å². The number of rotatable bonds is 8. The molecule has 2 N–H and O–H groups in total. The van der Waals surface area contributed by atoms with Crippen molar-refractivity contribution in [3.63, 3.8) is 0 Å². The van der Waals surface area contributed by atoms with Crippen molar-refractivity contribution in [3.8, 4) is 0 Å². The van der Waals surface area contributed by atoms with Crippen molar-refractivity contribution in [1.29, 1.82) is 0 Å². The number of nitrogens with one attached hydrogen (secondary N) is 2. The van der Waals surface area contributed by atoms with Crippen LogP contribution < -0.4 is 10.6 Å². The van der Waals surface area contributed by atoms with E-state index in [1.54, 1.807) is 6.33 Å². The highest BCUT2D eigenvalue weighted by Gasteiger charge is 2.23. The second kappa shape index (κ2) is 10.2. The van der Waals surface area contributed by atoms with Gasteiger partial charge < -0.3 is 19.9 Å². The van der Waals surface area contributed by atoms with Gasteiger partial charge in [0.25, 0.3) is 0 Å². The highest BCUT2D eigenvalue weighted by Crippen LogP contribution is 2.15. The van der Waals surface area contributed by atoms with Crippen LogP contribution in [0, 0.1) is 6.92 Å². The van der Waals surface area contributed by atoms with Crippen molar-refractivity contribution in [2.24, 2.45) is 4.99 Å². The minimum absolute atomic E-state index is 0.215. The normalized spacial score (nSPS) is 18.2. The van der Waals surface area contributed by atoms with Gasteiger partial charge in [-0.15, -0.1) is 10.2 Å². The fourth-order valence-corrected chi connectivity index (χ4v) is 3.44. The summed E-state index contributed by atoms with van der Waals surface area (Å²) in [5.74, 6) is 1.82. The van der Waals surface area contributed by atoms with Crippen LogP contribution in [0.3, 0.4) is 0 Å². The minimum Gasteiger partial charge on any atom is -0.376 e. The zero-order valence-electron chi connectivity index (χ0n) is 17.2. The van der Waals surface area contributed by atoms with Gasteiger partial charge in [-0.3, -0.25) is 0 Å². The van der Waals surface area contributed by atoms with Crippen molar-refractivity contribution in [2.45, 2.75) is 65.3 Å². The quantitative estimate of drug-likeness (QED) is 0.540. The molecule has 0 saturated carbocycles. The fraction of sp³-hybridized carbons (Fsp3) is 0.571. The van der Waals surface area contributed by atoms with Crippen molar-refractivity contribution in [3.05, 3.63) is 47.5 Å². The summed E-state index contributed by atoms with van der Waals surface area (Å²) in [5, 5.41) is 15.1. The maximum Gasteiger partial charge on any atom is 0.191 e. The lowest BCUT2D eigenvalue weighted by molar-refractivity contribution is 0.0890. The van der Waals surface area contributed by atoms with Gasteiger partial charge in [0, 0.05) is 26.1 Å². The van der Waals surface area contributed by atoms with Crippen molar-refractivity contribution in [1.82, 2.24) is 25.4 Å². The molecule has 1 aliphatic rings. The lowest BCUT2D eigenvalue weighted by Crippen LogP contribution is -2.47. The van der Waals surface area contributed by atoms with Crippen LogP contribution in [0.2, 0.25) is 0 Å². The minimum atomic E-state index is 0.215. The predicted molar refractivity (Wildman–Crippen MR) is 111 cm³/mol. The fourth-order valence-electron chi connectivity index (χ4n) is 3.44. The Morgan fingerprint density at radius 1 is 1.39 bits per heavy atom. The Bertz CT molecular complexity index is 766. The number of nitrogens with zero attached hydrogens (tertiary/aromatic N) is 4. The van der Waals surface area contributed by atoms with Crippen LogP contribution in [0.1, 0.15) is 43.6 Å². The van der Waals surface area contributed by atoms with E-state index in [0.717, 1.165) is 50.7 Å². The largest absolute Gasteiger partial charge is 0.376 e. The van der Waals surface area contributed by atoms with Crippen LogP contribution in [0.5, 0.6) is 0 Å². The van der Waals surface area contributed by atoms with E-state index in [-0.39, 0.29) is 12.1 Å². The zero-order chi connectivity index (χ0) is 19.8.